The van der Waals surface area contributed by atoms with Crippen molar-refractivity contribution in [2.24, 2.45) is 5.92 Å². The van der Waals surface area contributed by atoms with E-state index in [0.29, 0.717) is 6.04 Å². The zero-order valence-corrected chi connectivity index (χ0v) is 11.7. The molecule has 1 rings (SSSR count). The molecule has 3 nitrogen and oxygen atoms in total. The minimum Gasteiger partial charge on any atom is -0.331 e. The van der Waals surface area contributed by atoms with Crippen LogP contribution >= 0.6 is 0 Å². The Kier molecular flexibility index (Phi) is 6.27. The van der Waals surface area contributed by atoms with Gasteiger partial charge in [0.1, 0.15) is 0 Å². The minimum atomic E-state index is 0.560. The number of rotatable bonds is 8. The maximum absolute atomic E-state index is 4.26. The zero-order chi connectivity index (χ0) is 12.7. The Morgan fingerprint density at radius 1 is 1.29 bits per heavy atom. The first kappa shape index (κ1) is 14.2. The second-order valence-corrected chi connectivity index (χ2v) is 5.25. The van der Waals surface area contributed by atoms with Crippen LogP contribution in [0.5, 0.6) is 0 Å². The molecule has 1 atom stereocenters. The second-order valence-electron chi connectivity index (χ2n) is 5.25. The van der Waals surface area contributed by atoms with Crippen molar-refractivity contribution in [2.45, 2.75) is 59.5 Å². The SMILES string of the molecule is CCNCc1cncn1C(C)CCCC(C)C. The Bertz CT molecular complexity index is 304. The Morgan fingerprint density at radius 2 is 2.06 bits per heavy atom. The van der Waals surface area contributed by atoms with Crippen molar-refractivity contribution in [1.29, 1.82) is 0 Å². The monoisotopic (exact) mass is 237 g/mol. The van der Waals surface area contributed by atoms with Gasteiger partial charge in [-0.25, -0.2) is 4.98 Å². The molecule has 1 N–H and O–H groups in total. The van der Waals surface area contributed by atoms with E-state index in [2.05, 4.69) is 42.6 Å². The van der Waals surface area contributed by atoms with Gasteiger partial charge in [-0.05, 0) is 25.8 Å². The topological polar surface area (TPSA) is 29.9 Å². The predicted octanol–water partition coefficient (Wildman–Crippen LogP) is 3.38. The summed E-state index contributed by atoms with van der Waals surface area (Å²) in [5.41, 5.74) is 1.30. The lowest BCUT2D eigenvalue weighted by Crippen LogP contribution is -2.17. The quantitative estimate of drug-likeness (QED) is 0.751. The van der Waals surface area contributed by atoms with Crippen molar-refractivity contribution in [1.82, 2.24) is 14.9 Å². The fourth-order valence-corrected chi connectivity index (χ4v) is 2.08. The van der Waals surface area contributed by atoms with Crippen LogP contribution in [0.4, 0.5) is 0 Å². The summed E-state index contributed by atoms with van der Waals surface area (Å²) in [6, 6.07) is 0.560. The van der Waals surface area contributed by atoms with Gasteiger partial charge in [-0.1, -0.05) is 33.6 Å². The summed E-state index contributed by atoms with van der Waals surface area (Å²) in [6.45, 7) is 10.9. The Labute approximate surface area is 106 Å². The van der Waals surface area contributed by atoms with E-state index in [1.54, 1.807) is 0 Å². The van der Waals surface area contributed by atoms with Gasteiger partial charge >= 0.3 is 0 Å². The standard InChI is InChI=1S/C14H27N3/c1-5-15-9-14-10-16-11-17(14)13(4)8-6-7-12(2)3/h10-13,15H,5-9H2,1-4H3. The summed E-state index contributed by atoms with van der Waals surface area (Å²) in [7, 11) is 0. The highest BCUT2D eigenvalue weighted by atomic mass is 15.1. The van der Waals surface area contributed by atoms with E-state index in [4.69, 9.17) is 0 Å². The molecule has 0 bridgehead atoms. The van der Waals surface area contributed by atoms with Crippen molar-refractivity contribution >= 4 is 0 Å². The average molecular weight is 237 g/mol. The zero-order valence-electron chi connectivity index (χ0n) is 11.7. The van der Waals surface area contributed by atoms with Crippen molar-refractivity contribution in [3.63, 3.8) is 0 Å². The highest BCUT2D eigenvalue weighted by Crippen LogP contribution is 2.18. The molecule has 17 heavy (non-hydrogen) atoms. The lowest BCUT2D eigenvalue weighted by molar-refractivity contribution is 0.435. The van der Waals surface area contributed by atoms with E-state index in [1.165, 1.54) is 25.0 Å². The molecule has 0 aliphatic carbocycles. The first-order chi connectivity index (χ1) is 8.15. The summed E-state index contributed by atoms with van der Waals surface area (Å²) >= 11 is 0. The van der Waals surface area contributed by atoms with Gasteiger partial charge < -0.3 is 9.88 Å². The van der Waals surface area contributed by atoms with Gasteiger partial charge in [-0.2, -0.15) is 0 Å². The van der Waals surface area contributed by atoms with Crippen molar-refractivity contribution in [2.75, 3.05) is 6.54 Å². The molecule has 0 fully saturated rings. The molecular weight excluding hydrogens is 210 g/mol. The van der Waals surface area contributed by atoms with E-state index in [-0.39, 0.29) is 0 Å². The largest absolute Gasteiger partial charge is 0.331 e. The highest BCUT2D eigenvalue weighted by Gasteiger charge is 2.09. The summed E-state index contributed by atoms with van der Waals surface area (Å²) in [4.78, 5) is 4.26. The van der Waals surface area contributed by atoms with Crippen molar-refractivity contribution in [3.05, 3.63) is 18.2 Å². The molecule has 1 aromatic rings. The van der Waals surface area contributed by atoms with Crippen LogP contribution in [-0.4, -0.2) is 16.1 Å². The summed E-state index contributed by atoms with van der Waals surface area (Å²) in [5.74, 6) is 0.811. The summed E-state index contributed by atoms with van der Waals surface area (Å²) in [5, 5.41) is 3.36. The van der Waals surface area contributed by atoms with Gasteiger partial charge in [0, 0.05) is 18.8 Å². The van der Waals surface area contributed by atoms with Crippen LogP contribution < -0.4 is 5.32 Å². The van der Waals surface area contributed by atoms with Crippen LogP contribution in [-0.2, 0) is 6.54 Å². The molecule has 0 radical (unpaired) electrons. The van der Waals surface area contributed by atoms with Crippen LogP contribution in [0.3, 0.4) is 0 Å². The lowest BCUT2D eigenvalue weighted by Gasteiger charge is -2.17. The van der Waals surface area contributed by atoms with Gasteiger partial charge in [0.05, 0.1) is 12.0 Å². The molecule has 3 heteroatoms. The molecular formula is C14H27N3. The van der Waals surface area contributed by atoms with E-state index < -0.39 is 0 Å². The van der Waals surface area contributed by atoms with Crippen molar-refractivity contribution in [3.8, 4) is 0 Å². The normalized spacial score (nSPS) is 13.2. The second kappa shape index (κ2) is 7.49. The fourth-order valence-electron chi connectivity index (χ4n) is 2.08. The average Bonchev–Trinajstić information content (AvgIpc) is 2.73. The summed E-state index contributed by atoms with van der Waals surface area (Å²) in [6.07, 6.45) is 7.81. The molecule has 0 aliphatic heterocycles. The molecule has 0 aromatic carbocycles. The molecule has 0 saturated heterocycles. The Balaban J connectivity index is 2.44. The van der Waals surface area contributed by atoms with E-state index in [0.717, 1.165) is 19.0 Å². The smallest absolute Gasteiger partial charge is 0.0951 e. The van der Waals surface area contributed by atoms with Crippen LogP contribution in [0.2, 0.25) is 0 Å². The predicted molar refractivity (Wildman–Crippen MR) is 73.0 cm³/mol. The third-order valence-electron chi connectivity index (χ3n) is 3.18. The molecule has 1 aromatic heterocycles. The van der Waals surface area contributed by atoms with Crippen molar-refractivity contribution < 1.29 is 0 Å². The Morgan fingerprint density at radius 3 is 2.71 bits per heavy atom. The van der Waals surface area contributed by atoms with E-state index in [9.17, 15) is 0 Å². The summed E-state index contributed by atoms with van der Waals surface area (Å²) < 4.78 is 2.31. The maximum Gasteiger partial charge on any atom is 0.0951 e. The third-order valence-corrected chi connectivity index (χ3v) is 3.18. The molecule has 0 spiro atoms. The van der Waals surface area contributed by atoms with Gasteiger partial charge in [0.2, 0.25) is 0 Å². The number of hydrogen-bond donors (Lipinski definition) is 1. The van der Waals surface area contributed by atoms with E-state index in [1.807, 2.05) is 12.5 Å². The minimum absolute atomic E-state index is 0.560. The van der Waals surface area contributed by atoms with E-state index >= 15 is 0 Å². The number of hydrogen-bond acceptors (Lipinski definition) is 2. The number of aromatic nitrogens is 2. The molecule has 1 heterocycles. The first-order valence-corrected chi connectivity index (χ1v) is 6.86. The van der Waals surface area contributed by atoms with Crippen LogP contribution in [0.25, 0.3) is 0 Å². The van der Waals surface area contributed by atoms with Crippen LogP contribution in [0.15, 0.2) is 12.5 Å². The first-order valence-electron chi connectivity index (χ1n) is 6.86. The maximum atomic E-state index is 4.26. The molecule has 1 unspecified atom stereocenters. The number of nitrogens with zero attached hydrogens (tertiary/aromatic N) is 2. The van der Waals surface area contributed by atoms with Gasteiger partial charge in [-0.15, -0.1) is 0 Å². The van der Waals surface area contributed by atoms with Gasteiger partial charge in [-0.3, -0.25) is 0 Å². The van der Waals surface area contributed by atoms with Crippen LogP contribution in [0, 0.1) is 5.92 Å². The molecule has 0 aliphatic rings. The molecule has 0 amide bonds. The molecule has 0 saturated carbocycles. The Hall–Kier alpha value is -0.830. The van der Waals surface area contributed by atoms with Gasteiger partial charge in [0.15, 0.2) is 0 Å². The fraction of sp³-hybridized carbons (Fsp3) is 0.786. The van der Waals surface area contributed by atoms with Gasteiger partial charge in [0.25, 0.3) is 0 Å². The third kappa shape index (κ3) is 4.90. The number of nitrogens with one attached hydrogen (secondary N) is 1. The number of imidazole rings is 1. The molecule has 98 valence electrons. The highest BCUT2D eigenvalue weighted by molar-refractivity contribution is 4.99. The lowest BCUT2D eigenvalue weighted by atomic mass is 10.0. The van der Waals surface area contributed by atoms with Crippen LogP contribution in [0.1, 0.15) is 58.7 Å².